The van der Waals surface area contributed by atoms with Crippen LogP contribution >= 0.6 is 68.0 Å². The van der Waals surface area contributed by atoms with Gasteiger partial charge in [0.15, 0.2) is 11.6 Å². The molecule has 6 nitrogen and oxygen atoms in total. The number of benzene rings is 3. The highest BCUT2D eigenvalue weighted by molar-refractivity contribution is 7.29. The van der Waals surface area contributed by atoms with Crippen LogP contribution in [0.5, 0.6) is 0 Å². The van der Waals surface area contributed by atoms with Gasteiger partial charge in [-0.3, -0.25) is 9.59 Å². The van der Waals surface area contributed by atoms with Crippen LogP contribution in [-0.4, -0.2) is 11.6 Å². The van der Waals surface area contributed by atoms with Gasteiger partial charge in [0, 0.05) is 113 Å². The quantitative estimate of drug-likeness (QED) is 0.0212. The minimum Gasteiger partial charge on any atom is -0.289 e. The van der Waals surface area contributed by atoms with Gasteiger partial charge in [0.2, 0.25) is 0 Å². The van der Waals surface area contributed by atoms with Crippen LogP contribution in [0, 0.1) is 69.0 Å². The van der Waals surface area contributed by atoms with Crippen molar-refractivity contribution in [1.29, 1.82) is 21.0 Å². The summed E-state index contributed by atoms with van der Waals surface area (Å²) in [6, 6.07) is 43.5. The van der Waals surface area contributed by atoms with Crippen molar-refractivity contribution in [2.75, 3.05) is 0 Å². The number of unbranched alkanes of at least 4 members (excludes halogenated alkanes) is 30. The van der Waals surface area contributed by atoms with Crippen molar-refractivity contribution in [3.8, 4) is 64.7 Å². The fraction of sp³-hybridized carbons (Fsp3) is 0.536. The average molecular weight is 1770 g/mol. The molecule has 11 rings (SSSR count). The first-order valence-corrected chi connectivity index (χ1v) is 54.1. The maximum Gasteiger partial charge on any atom is 0.194 e. The maximum absolute atomic E-state index is 14.8. The molecule has 2 unspecified atom stereocenters. The number of carbonyl (C=O) groups is 2. The first-order valence-electron chi connectivity index (χ1n) is 49.2. The first kappa shape index (κ1) is 97.3. The van der Waals surface area contributed by atoms with E-state index in [1.54, 1.807) is 22.7 Å². The monoisotopic (exact) mass is 1770 g/mol. The molecular formula is C112H142N4O2S6. The first-order chi connectivity index (χ1) is 60.9. The minimum absolute atomic E-state index is 0.0476. The molecule has 6 heterocycles. The molecule has 0 aliphatic heterocycles. The van der Waals surface area contributed by atoms with E-state index in [1.165, 1.54) is 313 Å². The van der Waals surface area contributed by atoms with Crippen LogP contribution in [0.25, 0.3) is 83.9 Å². The number of rotatable bonds is 58. The number of Topliss-reactive ketones (excluding diaryl/α,β-unsaturated/α-hetero) is 2. The summed E-state index contributed by atoms with van der Waals surface area (Å²) in [5, 5.41) is 44.8. The van der Waals surface area contributed by atoms with Crippen LogP contribution in [-0.2, 0) is 25.7 Å². The lowest BCUT2D eigenvalue weighted by Gasteiger charge is -2.16. The predicted octanol–water partition coefficient (Wildman–Crippen LogP) is 37.1. The lowest BCUT2D eigenvalue weighted by Crippen LogP contribution is -2.04. The fourth-order valence-electron chi connectivity index (χ4n) is 19.5. The Morgan fingerprint density at radius 1 is 0.315 bits per heavy atom. The van der Waals surface area contributed by atoms with Gasteiger partial charge in [0.1, 0.15) is 35.4 Å². The molecule has 0 bridgehead atoms. The number of ketones is 2. The third kappa shape index (κ3) is 26.4. The molecule has 0 radical (unpaired) electrons. The minimum atomic E-state index is -0.156. The molecule has 6 aromatic heterocycles. The summed E-state index contributed by atoms with van der Waals surface area (Å²) < 4.78 is 2.59. The number of nitrogens with zero attached hydrogens (tertiary/aromatic N) is 4. The van der Waals surface area contributed by atoms with E-state index in [0.29, 0.717) is 68.2 Å². The summed E-state index contributed by atoms with van der Waals surface area (Å²) in [6.07, 6.45) is 64.5. The molecule has 2 atom stereocenters. The molecule has 12 heteroatoms. The number of nitriles is 4. The van der Waals surface area contributed by atoms with Gasteiger partial charge in [-0.05, 0) is 132 Å². The standard InChI is InChI=1S/C112H142N4O2S6/c1-9-17-23-27-31-35-39-43-53-81(54-44-40-36-32-28-24-18-10-2)67-87-61-63-99(119-87)105-97-73-101(109-83(65-79(15-7)51-21-13-5)69-89(121-109)71-95-103(85(75-113)76-114)91-57-47-49-59-93(91)107(95)117)124-112(97)106(100-64-62-88(120-100)68-82(55-45-41-37-33-29-25-19-11-3)56-46-42-38-34-30-26-20-12-4)98-74-102(123-111(98)105)110-84(66-80(16-8)52-22-14-6)70-90(122-110)72-96-104(86(77-115)78-116)92-58-48-50-60-94(92)108(96)118/h47-50,57-64,69-74,79-82H,9-46,51-56,65-68H2,1-8H3/b95-71-,96-72-. The maximum atomic E-state index is 14.8. The molecule has 2 aliphatic rings. The molecule has 124 heavy (non-hydrogen) atoms. The molecule has 0 saturated heterocycles. The van der Waals surface area contributed by atoms with Crippen molar-refractivity contribution in [2.24, 2.45) is 23.7 Å². The van der Waals surface area contributed by atoms with Gasteiger partial charge in [-0.1, -0.05) is 386 Å². The molecule has 2 aliphatic carbocycles. The third-order valence-corrected chi connectivity index (χ3v) is 33.9. The van der Waals surface area contributed by atoms with Gasteiger partial charge in [-0.15, -0.1) is 68.0 Å². The van der Waals surface area contributed by atoms with Gasteiger partial charge < -0.3 is 0 Å². The molecule has 0 saturated carbocycles. The molecule has 3 aromatic carbocycles. The topological polar surface area (TPSA) is 129 Å². The van der Waals surface area contributed by atoms with Gasteiger partial charge in [-0.2, -0.15) is 21.0 Å². The Labute approximate surface area is 771 Å². The van der Waals surface area contributed by atoms with Crippen molar-refractivity contribution in [2.45, 2.75) is 364 Å². The Kier molecular flexibility index (Phi) is 40.9. The summed E-state index contributed by atoms with van der Waals surface area (Å²) in [4.78, 5) is 42.0. The number of thiophene rings is 6. The lowest BCUT2D eigenvalue weighted by molar-refractivity contribution is 0.103. The average Bonchev–Trinajstić information content (AvgIpc) is 1.55. The van der Waals surface area contributed by atoms with Crippen LogP contribution in [0.4, 0.5) is 0 Å². The number of fused-ring (bicyclic) bond motifs is 4. The van der Waals surface area contributed by atoms with E-state index >= 15 is 0 Å². The van der Waals surface area contributed by atoms with Crippen LogP contribution in [0.2, 0.25) is 0 Å². The number of carbonyl (C=O) groups excluding carboxylic acids is 2. The highest BCUT2D eigenvalue weighted by atomic mass is 32.1. The number of hydrogen-bond donors (Lipinski definition) is 0. The van der Waals surface area contributed by atoms with Crippen molar-refractivity contribution < 1.29 is 9.59 Å². The normalized spacial score (nSPS) is 13.8. The van der Waals surface area contributed by atoms with Crippen molar-refractivity contribution in [3.05, 3.63) is 172 Å². The zero-order chi connectivity index (χ0) is 87.4. The van der Waals surface area contributed by atoms with Gasteiger partial charge in [0.25, 0.3) is 0 Å². The molecule has 0 spiro atoms. The van der Waals surface area contributed by atoms with Crippen LogP contribution < -0.4 is 0 Å². The predicted molar refractivity (Wildman–Crippen MR) is 542 cm³/mol. The van der Waals surface area contributed by atoms with Crippen molar-refractivity contribution in [1.82, 2.24) is 0 Å². The molecule has 0 N–H and O–H groups in total. The molecular weight excluding hydrogens is 1630 g/mol. The summed E-state index contributed by atoms with van der Waals surface area (Å²) in [6.45, 7) is 18.5. The number of allylic oxidation sites excluding steroid dienone is 6. The van der Waals surface area contributed by atoms with Gasteiger partial charge in [-0.25, -0.2) is 0 Å². The third-order valence-electron chi connectivity index (χ3n) is 26.8. The van der Waals surface area contributed by atoms with Crippen LogP contribution in [0.1, 0.15) is 400 Å². The Balaban J connectivity index is 1.13. The zero-order valence-corrected chi connectivity index (χ0v) is 81.6. The van der Waals surface area contributed by atoms with Crippen LogP contribution in [0.3, 0.4) is 0 Å². The molecule has 9 aromatic rings. The van der Waals surface area contributed by atoms with E-state index in [2.05, 4.69) is 128 Å². The zero-order valence-electron chi connectivity index (χ0n) is 76.7. The Bertz CT molecular complexity index is 4780. The molecule has 658 valence electrons. The lowest BCUT2D eigenvalue weighted by atomic mass is 9.91. The summed E-state index contributed by atoms with van der Waals surface area (Å²) >= 11 is 11.5. The van der Waals surface area contributed by atoms with E-state index in [4.69, 9.17) is 0 Å². The highest BCUT2D eigenvalue weighted by Crippen LogP contribution is 2.57. The molecule has 0 fully saturated rings. The van der Waals surface area contributed by atoms with Crippen molar-refractivity contribution in [3.63, 3.8) is 0 Å². The van der Waals surface area contributed by atoms with Gasteiger partial charge in [0.05, 0.1) is 0 Å². The summed E-state index contributed by atoms with van der Waals surface area (Å²) in [7, 11) is 0. The number of hydrogen-bond acceptors (Lipinski definition) is 12. The largest absolute Gasteiger partial charge is 0.289 e. The van der Waals surface area contributed by atoms with E-state index in [1.807, 2.05) is 106 Å². The Morgan fingerprint density at radius 3 is 0.919 bits per heavy atom. The van der Waals surface area contributed by atoms with E-state index in [0.717, 1.165) is 86.8 Å². The second-order valence-corrected chi connectivity index (χ2v) is 42.9. The molecule has 0 amide bonds. The smallest absolute Gasteiger partial charge is 0.194 e. The van der Waals surface area contributed by atoms with E-state index in [9.17, 15) is 30.6 Å². The van der Waals surface area contributed by atoms with E-state index in [-0.39, 0.29) is 22.7 Å². The summed E-state index contributed by atoms with van der Waals surface area (Å²) in [5.74, 6) is 1.84. The van der Waals surface area contributed by atoms with E-state index < -0.39 is 0 Å². The Hall–Kier alpha value is -7.36. The van der Waals surface area contributed by atoms with Gasteiger partial charge >= 0.3 is 0 Å². The fourth-order valence-corrected chi connectivity index (χ4v) is 27.0. The highest BCUT2D eigenvalue weighted by Gasteiger charge is 2.36. The van der Waals surface area contributed by atoms with Crippen molar-refractivity contribution >= 4 is 123 Å². The summed E-state index contributed by atoms with van der Waals surface area (Å²) in [5.41, 5.74) is 9.06. The SMILES string of the molecule is CCCCCCCCCCC(CCCCCCCCCC)Cc1ccc(-c2c3cc(-c4sc(/C=C5\C(=O)c6ccccc6C5=C(C#N)C#N)cc4CC(CC)CCCC)sc3c(-c3ccc(CC(CCCCCCCCCC)CCCCCCCCCC)s3)c3cc(-c4sc(/C=C5\C(=O)c6ccccc6C5=C(C#N)C#N)cc4CC(CC)CCCC)sc23)s1. The Morgan fingerprint density at radius 2 is 0.613 bits per heavy atom. The second-order valence-electron chi connectivity index (χ2n) is 36.2. The van der Waals surface area contributed by atoms with Crippen LogP contribution in [0.15, 0.2) is 119 Å². The second kappa shape index (κ2) is 52.2.